The standard InChI is InChI=1S/C12H20N4O4S/c1-7-5-16(6-8(2)15(7)4)21(19,20)11-10(12(17)18)9(3)13-14-11/h7-8H,5-6H2,1-4H3,(H,13,14)(H,17,18). The zero-order valence-corrected chi connectivity index (χ0v) is 13.3. The number of sulfonamides is 1. The number of likely N-dealkylation sites (N-methyl/N-ethyl adjacent to an activating group) is 1. The number of rotatable bonds is 3. The first-order valence-electron chi connectivity index (χ1n) is 6.66. The maximum absolute atomic E-state index is 12.7. The van der Waals surface area contributed by atoms with Gasteiger partial charge in [-0.15, -0.1) is 0 Å². The Hall–Kier alpha value is -1.45. The Kier molecular flexibility index (Phi) is 4.09. The minimum absolute atomic E-state index is 0.0526. The highest BCUT2D eigenvalue weighted by Gasteiger charge is 2.38. The summed E-state index contributed by atoms with van der Waals surface area (Å²) in [6.45, 7) is 5.99. The number of aryl methyl sites for hydroxylation is 1. The van der Waals surface area contributed by atoms with Crippen molar-refractivity contribution in [3.05, 3.63) is 11.3 Å². The number of carboxylic acid groups (broad SMARTS) is 1. The maximum atomic E-state index is 12.7. The van der Waals surface area contributed by atoms with Crippen LogP contribution < -0.4 is 0 Å². The van der Waals surface area contributed by atoms with Gasteiger partial charge in [-0.3, -0.25) is 10.00 Å². The van der Waals surface area contributed by atoms with Gasteiger partial charge in [-0.25, -0.2) is 13.2 Å². The third-order valence-electron chi connectivity index (χ3n) is 4.04. The van der Waals surface area contributed by atoms with Crippen LogP contribution in [-0.4, -0.2) is 71.1 Å². The average Bonchev–Trinajstić information content (AvgIpc) is 2.78. The van der Waals surface area contributed by atoms with Crippen LogP contribution in [0.2, 0.25) is 0 Å². The van der Waals surface area contributed by atoms with E-state index in [2.05, 4.69) is 15.1 Å². The van der Waals surface area contributed by atoms with Gasteiger partial charge < -0.3 is 5.11 Å². The molecule has 1 saturated heterocycles. The number of carboxylic acids is 1. The van der Waals surface area contributed by atoms with Crippen LogP contribution in [0, 0.1) is 6.92 Å². The monoisotopic (exact) mass is 316 g/mol. The molecule has 0 spiro atoms. The minimum Gasteiger partial charge on any atom is -0.478 e. The number of hydrogen-bond acceptors (Lipinski definition) is 5. The summed E-state index contributed by atoms with van der Waals surface area (Å²) in [6, 6.07) is 0.105. The third-order valence-corrected chi connectivity index (χ3v) is 5.80. The van der Waals surface area contributed by atoms with Crippen LogP contribution in [0.1, 0.15) is 29.9 Å². The van der Waals surface area contributed by atoms with Crippen LogP contribution in [0.25, 0.3) is 0 Å². The number of H-pyrrole nitrogens is 1. The Morgan fingerprint density at radius 2 is 1.86 bits per heavy atom. The topological polar surface area (TPSA) is 107 Å². The Bertz CT molecular complexity index is 642. The third kappa shape index (κ3) is 2.68. The number of hydrogen-bond donors (Lipinski definition) is 2. The first kappa shape index (κ1) is 15.9. The molecular weight excluding hydrogens is 296 g/mol. The summed E-state index contributed by atoms with van der Waals surface area (Å²) < 4.78 is 26.7. The molecule has 1 aliphatic heterocycles. The molecule has 1 aromatic heterocycles. The van der Waals surface area contributed by atoms with Crippen molar-refractivity contribution < 1.29 is 18.3 Å². The molecule has 0 bridgehead atoms. The molecule has 8 nitrogen and oxygen atoms in total. The van der Waals surface area contributed by atoms with Crippen LogP contribution in [0.3, 0.4) is 0 Å². The van der Waals surface area contributed by atoms with Crippen LogP contribution in [0.15, 0.2) is 5.03 Å². The smallest absolute Gasteiger partial charge is 0.340 e. The SMILES string of the molecule is Cc1[nH]nc(S(=O)(=O)N2CC(C)N(C)C(C)C2)c1C(=O)O. The summed E-state index contributed by atoms with van der Waals surface area (Å²) >= 11 is 0. The number of aromatic nitrogens is 2. The molecule has 1 fully saturated rings. The second-order valence-electron chi connectivity index (χ2n) is 5.52. The van der Waals surface area contributed by atoms with E-state index in [0.717, 1.165) is 0 Å². The molecule has 2 unspecified atom stereocenters. The number of piperazine rings is 1. The van der Waals surface area contributed by atoms with Crippen molar-refractivity contribution in [3.63, 3.8) is 0 Å². The van der Waals surface area contributed by atoms with Gasteiger partial charge in [0.2, 0.25) is 5.03 Å². The second-order valence-corrected chi connectivity index (χ2v) is 7.37. The highest BCUT2D eigenvalue weighted by molar-refractivity contribution is 7.89. The van der Waals surface area contributed by atoms with Crippen LogP contribution in [-0.2, 0) is 10.0 Å². The highest BCUT2D eigenvalue weighted by atomic mass is 32.2. The normalized spacial score (nSPS) is 25.1. The Morgan fingerprint density at radius 3 is 2.33 bits per heavy atom. The van der Waals surface area contributed by atoms with Crippen molar-refractivity contribution >= 4 is 16.0 Å². The van der Waals surface area contributed by atoms with Gasteiger partial charge in [0.05, 0.1) is 0 Å². The second kappa shape index (κ2) is 5.39. The summed E-state index contributed by atoms with van der Waals surface area (Å²) in [5, 5.41) is 14.9. The fraction of sp³-hybridized carbons (Fsp3) is 0.667. The average molecular weight is 316 g/mol. The van der Waals surface area contributed by atoms with E-state index in [9.17, 15) is 18.3 Å². The summed E-state index contributed by atoms with van der Waals surface area (Å²) in [5.41, 5.74) is -0.0504. The number of nitrogens with zero attached hydrogens (tertiary/aromatic N) is 3. The number of carbonyl (C=O) groups is 1. The summed E-state index contributed by atoms with van der Waals surface area (Å²) in [5.74, 6) is -1.30. The van der Waals surface area contributed by atoms with Crippen LogP contribution >= 0.6 is 0 Å². The van der Waals surface area contributed by atoms with E-state index in [4.69, 9.17) is 0 Å². The van der Waals surface area contributed by atoms with Crippen LogP contribution in [0.5, 0.6) is 0 Å². The number of aromatic carboxylic acids is 1. The Balaban J connectivity index is 2.42. The molecule has 0 aliphatic carbocycles. The number of aromatic amines is 1. The van der Waals surface area contributed by atoms with Crippen molar-refractivity contribution in [3.8, 4) is 0 Å². The minimum atomic E-state index is -3.92. The van der Waals surface area contributed by atoms with E-state index in [1.807, 2.05) is 20.9 Å². The molecular formula is C12H20N4O4S. The number of nitrogens with one attached hydrogen (secondary N) is 1. The Morgan fingerprint density at radius 1 is 1.33 bits per heavy atom. The van der Waals surface area contributed by atoms with E-state index in [0.29, 0.717) is 13.1 Å². The molecule has 2 N–H and O–H groups in total. The Labute approximate surface area is 123 Å². The predicted octanol–water partition coefficient (Wildman–Crippen LogP) is 0.129. The van der Waals surface area contributed by atoms with Gasteiger partial charge in [-0.05, 0) is 27.8 Å². The molecule has 0 saturated carbocycles. The lowest BCUT2D eigenvalue weighted by Crippen LogP contribution is -2.56. The fourth-order valence-corrected chi connectivity index (χ4v) is 4.25. The summed E-state index contributed by atoms with van der Waals surface area (Å²) in [6.07, 6.45) is 0. The van der Waals surface area contributed by atoms with Crippen LogP contribution in [0.4, 0.5) is 0 Å². The van der Waals surface area contributed by atoms with Crippen molar-refractivity contribution in [2.45, 2.75) is 37.9 Å². The van der Waals surface area contributed by atoms with Gasteiger partial charge in [0, 0.05) is 30.9 Å². The van der Waals surface area contributed by atoms with Gasteiger partial charge in [-0.1, -0.05) is 0 Å². The van der Waals surface area contributed by atoms with Gasteiger partial charge in [-0.2, -0.15) is 9.40 Å². The van der Waals surface area contributed by atoms with Gasteiger partial charge in [0.25, 0.3) is 10.0 Å². The largest absolute Gasteiger partial charge is 0.478 e. The zero-order valence-electron chi connectivity index (χ0n) is 12.5. The molecule has 2 atom stereocenters. The van der Waals surface area contributed by atoms with Gasteiger partial charge in [0.1, 0.15) is 5.56 Å². The molecule has 0 aromatic carbocycles. The first-order valence-corrected chi connectivity index (χ1v) is 8.10. The molecule has 2 heterocycles. The van der Waals surface area contributed by atoms with E-state index in [-0.39, 0.29) is 23.3 Å². The van der Waals surface area contributed by atoms with E-state index in [1.165, 1.54) is 11.2 Å². The molecule has 1 aliphatic rings. The van der Waals surface area contributed by atoms with E-state index < -0.39 is 21.0 Å². The predicted molar refractivity (Wildman–Crippen MR) is 75.7 cm³/mol. The molecule has 2 rings (SSSR count). The summed E-state index contributed by atoms with van der Waals surface area (Å²) in [7, 11) is -1.98. The zero-order chi connectivity index (χ0) is 15.9. The molecule has 118 valence electrons. The lowest BCUT2D eigenvalue weighted by Gasteiger charge is -2.41. The van der Waals surface area contributed by atoms with Crippen molar-refractivity contribution in [1.29, 1.82) is 0 Å². The molecule has 0 amide bonds. The fourth-order valence-electron chi connectivity index (χ4n) is 2.52. The molecule has 21 heavy (non-hydrogen) atoms. The molecule has 0 radical (unpaired) electrons. The van der Waals surface area contributed by atoms with Crippen molar-refractivity contribution in [2.75, 3.05) is 20.1 Å². The van der Waals surface area contributed by atoms with Crippen molar-refractivity contribution in [1.82, 2.24) is 19.4 Å². The van der Waals surface area contributed by atoms with Gasteiger partial charge in [0.15, 0.2) is 0 Å². The lowest BCUT2D eigenvalue weighted by atomic mass is 10.1. The lowest BCUT2D eigenvalue weighted by molar-refractivity contribution is 0.0691. The highest BCUT2D eigenvalue weighted by Crippen LogP contribution is 2.24. The molecule has 1 aromatic rings. The quantitative estimate of drug-likeness (QED) is 0.821. The van der Waals surface area contributed by atoms with Gasteiger partial charge >= 0.3 is 5.97 Å². The van der Waals surface area contributed by atoms with E-state index in [1.54, 1.807) is 0 Å². The molecule has 9 heteroatoms. The summed E-state index contributed by atoms with van der Waals surface area (Å²) in [4.78, 5) is 13.4. The maximum Gasteiger partial charge on any atom is 0.340 e. The first-order chi connectivity index (χ1) is 9.66. The van der Waals surface area contributed by atoms with Crippen molar-refractivity contribution in [2.24, 2.45) is 0 Å². The van der Waals surface area contributed by atoms with E-state index >= 15 is 0 Å².